The summed E-state index contributed by atoms with van der Waals surface area (Å²) in [6.07, 6.45) is 1.40. The summed E-state index contributed by atoms with van der Waals surface area (Å²) in [6.45, 7) is 0. The number of carbonyl (C=O) groups excluding carboxylic acids is 2. The summed E-state index contributed by atoms with van der Waals surface area (Å²) in [5.74, 6) is -0.549. The average Bonchev–Trinajstić information content (AvgIpc) is 2.55. The van der Waals surface area contributed by atoms with Crippen molar-refractivity contribution in [2.45, 2.75) is 0 Å². The van der Waals surface area contributed by atoms with Gasteiger partial charge in [-0.05, 0) is 0 Å². The molecule has 0 aromatic carbocycles. The number of rotatable bonds is 0. The number of hydrogen-bond acceptors (Lipinski definition) is 4. The molecule has 1 aliphatic rings. The van der Waals surface area contributed by atoms with Gasteiger partial charge in [0, 0.05) is 14.1 Å². The minimum atomic E-state index is -1.55. The second-order valence-corrected chi connectivity index (χ2v) is 3.60. The number of carbonyl (C=O) groups is 2. The molecule has 0 N–H and O–H groups in total. The summed E-state index contributed by atoms with van der Waals surface area (Å²) in [4.78, 5) is 28.3. The zero-order chi connectivity index (χ0) is 11.4. The van der Waals surface area contributed by atoms with E-state index in [1.807, 2.05) is 0 Å². The van der Waals surface area contributed by atoms with Crippen LogP contribution in [0, 0.1) is 5.21 Å². The van der Waals surface area contributed by atoms with Gasteiger partial charge in [-0.1, -0.05) is 0 Å². The Labute approximate surface area is 85.7 Å². The Hall–Kier alpha value is -1.73. The van der Waals surface area contributed by atoms with Crippen molar-refractivity contribution >= 4 is 17.8 Å². The molecule has 7 nitrogen and oxygen atoms in total. The molecule has 0 fully saturated rings. The van der Waals surface area contributed by atoms with E-state index in [-0.39, 0.29) is 11.5 Å². The van der Waals surface area contributed by atoms with Crippen LogP contribution in [0.1, 0.15) is 10.5 Å². The number of anilines is 1. The van der Waals surface area contributed by atoms with E-state index in [1.165, 1.54) is 17.9 Å². The summed E-state index contributed by atoms with van der Waals surface area (Å²) in [5.41, 5.74) is 0.162. The van der Waals surface area contributed by atoms with Crippen LogP contribution in [0.5, 0.6) is 0 Å². The summed E-state index contributed by atoms with van der Waals surface area (Å²) < 4.78 is -0.113. The lowest BCUT2D eigenvalue weighted by Crippen LogP contribution is -2.58. The monoisotopic (exact) mass is 210 g/mol. The van der Waals surface area contributed by atoms with Gasteiger partial charge in [-0.15, -0.1) is 0 Å². The lowest BCUT2D eigenvalue weighted by molar-refractivity contribution is -0.687. The average molecular weight is 210 g/mol. The molecule has 1 aromatic heterocycles. The number of nitrogens with zero attached hydrogens (tertiary/aromatic N) is 4. The Kier molecular flexibility index (Phi) is 1.73. The first-order valence-corrected chi connectivity index (χ1v) is 4.29. The predicted molar refractivity (Wildman–Crippen MR) is 50.9 cm³/mol. The third kappa shape index (κ3) is 1.04. The highest BCUT2D eigenvalue weighted by molar-refractivity contribution is 6.07. The number of imidazole rings is 1. The van der Waals surface area contributed by atoms with Crippen LogP contribution in [-0.2, 0) is 7.05 Å². The van der Waals surface area contributed by atoms with Gasteiger partial charge in [-0.3, -0.25) is 0 Å². The summed E-state index contributed by atoms with van der Waals surface area (Å²) >= 11 is 0. The van der Waals surface area contributed by atoms with Crippen molar-refractivity contribution < 1.29 is 14.2 Å². The lowest BCUT2D eigenvalue weighted by atomic mass is 10.3. The molecule has 3 amide bonds. The highest BCUT2D eigenvalue weighted by atomic mass is 16.6. The van der Waals surface area contributed by atoms with Crippen molar-refractivity contribution in [2.75, 3.05) is 19.0 Å². The molecule has 1 unspecified atom stereocenters. The fourth-order valence-corrected chi connectivity index (χ4v) is 1.58. The Morgan fingerprint density at radius 1 is 1.40 bits per heavy atom. The number of amides is 3. The van der Waals surface area contributed by atoms with Crippen molar-refractivity contribution in [3.05, 3.63) is 17.2 Å². The van der Waals surface area contributed by atoms with E-state index in [0.29, 0.717) is 0 Å². The quantitative estimate of drug-likeness (QED) is 0.448. The number of hydrogen-bond donors (Lipinski definition) is 0. The summed E-state index contributed by atoms with van der Waals surface area (Å²) in [7, 11) is 4.06. The second kappa shape index (κ2) is 2.65. The molecule has 2 heterocycles. The molecular formula is C8H10N4O3. The van der Waals surface area contributed by atoms with Gasteiger partial charge < -0.3 is 9.77 Å². The molecule has 80 valence electrons. The van der Waals surface area contributed by atoms with Crippen molar-refractivity contribution in [1.29, 1.82) is 0 Å². The van der Waals surface area contributed by atoms with E-state index in [2.05, 4.69) is 4.98 Å². The molecule has 1 aliphatic heterocycles. The topological polar surface area (TPSA) is 78.3 Å². The largest absolute Gasteiger partial charge is 0.616 e. The van der Waals surface area contributed by atoms with Crippen LogP contribution in [0.2, 0.25) is 0 Å². The number of hydroxylamine groups is 3. The highest BCUT2D eigenvalue weighted by Gasteiger charge is 2.46. The first-order valence-electron chi connectivity index (χ1n) is 4.29. The van der Waals surface area contributed by atoms with Crippen LogP contribution >= 0.6 is 0 Å². The lowest BCUT2D eigenvalue weighted by Gasteiger charge is -2.38. The SMILES string of the molecule is CN1C(=O)[N+](C)([O-])C(=O)c2c1ncn2C. The molecule has 15 heavy (non-hydrogen) atoms. The van der Waals surface area contributed by atoms with Crippen molar-refractivity contribution in [3.63, 3.8) is 0 Å². The maximum absolute atomic E-state index is 11.8. The Morgan fingerprint density at radius 2 is 2.00 bits per heavy atom. The summed E-state index contributed by atoms with van der Waals surface area (Å²) in [5, 5.41) is 11.8. The van der Waals surface area contributed by atoms with E-state index >= 15 is 0 Å². The third-order valence-corrected chi connectivity index (χ3v) is 2.48. The van der Waals surface area contributed by atoms with Crippen molar-refractivity contribution in [1.82, 2.24) is 9.55 Å². The van der Waals surface area contributed by atoms with Crippen LogP contribution in [0.3, 0.4) is 0 Å². The second-order valence-electron chi connectivity index (χ2n) is 3.60. The number of imide groups is 1. The first kappa shape index (κ1) is 9.81. The number of urea groups is 1. The maximum atomic E-state index is 11.8. The van der Waals surface area contributed by atoms with Crippen LogP contribution < -0.4 is 4.90 Å². The van der Waals surface area contributed by atoms with Gasteiger partial charge in [0.1, 0.15) is 0 Å². The number of aryl methyl sites for hydroxylation is 1. The number of aromatic nitrogens is 2. The van der Waals surface area contributed by atoms with E-state index in [4.69, 9.17) is 0 Å². The molecular weight excluding hydrogens is 200 g/mol. The van der Waals surface area contributed by atoms with Gasteiger partial charge in [-0.2, -0.15) is 0 Å². The minimum absolute atomic E-state index is 0.162. The van der Waals surface area contributed by atoms with Gasteiger partial charge in [-0.25, -0.2) is 24.1 Å². The number of quaternary nitrogens is 1. The van der Waals surface area contributed by atoms with E-state index < -0.39 is 16.6 Å². The van der Waals surface area contributed by atoms with Crippen molar-refractivity contribution in [3.8, 4) is 0 Å². The Balaban J connectivity index is 2.71. The smallest absolute Gasteiger partial charge is 0.432 e. The van der Waals surface area contributed by atoms with E-state index in [0.717, 1.165) is 11.9 Å². The third-order valence-electron chi connectivity index (χ3n) is 2.48. The van der Waals surface area contributed by atoms with E-state index in [9.17, 15) is 14.8 Å². The van der Waals surface area contributed by atoms with Crippen LogP contribution in [0.4, 0.5) is 10.6 Å². The highest BCUT2D eigenvalue weighted by Crippen LogP contribution is 2.28. The normalized spacial score (nSPS) is 25.7. The fourth-order valence-electron chi connectivity index (χ4n) is 1.58. The Morgan fingerprint density at radius 3 is 2.60 bits per heavy atom. The molecule has 0 saturated carbocycles. The van der Waals surface area contributed by atoms with Gasteiger partial charge in [0.15, 0.2) is 11.5 Å². The van der Waals surface area contributed by atoms with Crippen molar-refractivity contribution in [2.24, 2.45) is 7.05 Å². The molecule has 0 spiro atoms. The summed E-state index contributed by atoms with van der Waals surface area (Å²) in [6, 6.07) is -0.828. The molecule has 0 bridgehead atoms. The van der Waals surface area contributed by atoms with E-state index in [1.54, 1.807) is 7.05 Å². The zero-order valence-corrected chi connectivity index (χ0v) is 8.59. The minimum Gasteiger partial charge on any atom is -0.616 e. The van der Waals surface area contributed by atoms with Crippen LogP contribution in [0.25, 0.3) is 0 Å². The predicted octanol–water partition coefficient (Wildman–Crippen LogP) is 0.0745. The molecule has 0 aliphatic carbocycles. The first-order chi connectivity index (χ1) is 6.87. The number of fused-ring (bicyclic) bond motifs is 1. The molecule has 0 saturated heterocycles. The molecule has 0 radical (unpaired) electrons. The van der Waals surface area contributed by atoms with Gasteiger partial charge in [0.25, 0.3) is 0 Å². The van der Waals surface area contributed by atoms with Gasteiger partial charge >= 0.3 is 11.9 Å². The molecule has 7 heteroatoms. The standard InChI is InChI=1S/C8H10N4O3/c1-10-4-9-6-5(10)7(13)12(3,15)8(14)11(6)2/h4H,1-3H3. The van der Waals surface area contributed by atoms with Gasteiger partial charge in [0.2, 0.25) is 0 Å². The fraction of sp³-hybridized carbons (Fsp3) is 0.375. The molecule has 2 rings (SSSR count). The van der Waals surface area contributed by atoms with Crippen LogP contribution in [-0.4, -0.2) is 40.2 Å². The zero-order valence-electron chi connectivity index (χ0n) is 8.59. The molecule has 1 aromatic rings. The molecule has 1 atom stereocenters. The Bertz CT molecular complexity index is 462. The maximum Gasteiger partial charge on any atom is 0.432 e. The van der Waals surface area contributed by atoms with Gasteiger partial charge in [0.05, 0.1) is 13.4 Å². The van der Waals surface area contributed by atoms with Crippen LogP contribution in [0.15, 0.2) is 6.33 Å².